The second-order valence-corrected chi connectivity index (χ2v) is 3.81. The van der Waals surface area contributed by atoms with Crippen LogP contribution < -0.4 is 0 Å². The van der Waals surface area contributed by atoms with Crippen molar-refractivity contribution in [2.75, 3.05) is 6.79 Å². The smallest absolute Gasteiger partial charge is 0.314 e. The first-order valence-electron chi connectivity index (χ1n) is 4.72. The van der Waals surface area contributed by atoms with Gasteiger partial charge in [-0.2, -0.15) is 0 Å². The summed E-state index contributed by atoms with van der Waals surface area (Å²) in [6, 6.07) is 0. The average Bonchev–Trinajstić information content (AvgIpc) is 2.02. The van der Waals surface area contributed by atoms with Gasteiger partial charge in [0.15, 0.2) is 13.1 Å². The molecule has 1 saturated heterocycles. The molecule has 74 valence electrons. The highest BCUT2D eigenvalue weighted by molar-refractivity contribution is 5.75. The summed E-state index contributed by atoms with van der Waals surface area (Å²) >= 11 is 0. The number of hydrogen-bond donors (Lipinski definition) is 1. The van der Waals surface area contributed by atoms with Crippen LogP contribution in [0.5, 0.6) is 0 Å². The van der Waals surface area contributed by atoms with Gasteiger partial charge in [-0.05, 0) is 12.8 Å². The van der Waals surface area contributed by atoms with Crippen LogP contribution in [0.1, 0.15) is 32.1 Å². The normalized spacial score (nSPS) is 28.0. The largest absolute Gasteiger partial charge is 0.481 e. The lowest BCUT2D eigenvalue weighted by molar-refractivity contribution is -0.361. The van der Waals surface area contributed by atoms with Crippen molar-refractivity contribution in [1.82, 2.24) is 0 Å². The molecule has 0 amide bonds. The van der Waals surface area contributed by atoms with Gasteiger partial charge >= 0.3 is 5.97 Å². The average molecular weight is 186 g/mol. The molecule has 1 aliphatic heterocycles. The fraction of sp³-hybridized carbons (Fsp3) is 0.889. The predicted octanol–water partition coefficient (Wildman–Crippen LogP) is 1.35. The molecule has 1 aliphatic carbocycles. The van der Waals surface area contributed by atoms with Crippen molar-refractivity contribution in [3.8, 4) is 0 Å². The van der Waals surface area contributed by atoms with Gasteiger partial charge in [-0.3, -0.25) is 4.79 Å². The second-order valence-electron chi connectivity index (χ2n) is 3.81. The van der Waals surface area contributed by atoms with Crippen molar-refractivity contribution >= 4 is 5.97 Å². The Hall–Kier alpha value is -0.610. The molecule has 0 spiro atoms. The lowest BCUT2D eigenvalue weighted by atomic mass is 9.73. The molecule has 13 heavy (non-hydrogen) atoms. The molecule has 4 nitrogen and oxygen atoms in total. The Morgan fingerprint density at radius 1 is 1.23 bits per heavy atom. The predicted molar refractivity (Wildman–Crippen MR) is 44.0 cm³/mol. The van der Waals surface area contributed by atoms with Gasteiger partial charge in [0.25, 0.3) is 0 Å². The third kappa shape index (κ3) is 1.34. The number of aliphatic carboxylic acids is 1. The van der Waals surface area contributed by atoms with Gasteiger partial charge in [-0.25, -0.2) is 0 Å². The van der Waals surface area contributed by atoms with Gasteiger partial charge in [0, 0.05) is 0 Å². The van der Waals surface area contributed by atoms with Crippen molar-refractivity contribution in [3.63, 3.8) is 0 Å². The summed E-state index contributed by atoms with van der Waals surface area (Å²) < 4.78 is 10.3. The molecule has 1 saturated carbocycles. The van der Waals surface area contributed by atoms with E-state index in [4.69, 9.17) is 14.6 Å². The van der Waals surface area contributed by atoms with E-state index in [0.29, 0.717) is 12.8 Å². The number of carboxylic acids is 1. The van der Waals surface area contributed by atoms with Gasteiger partial charge in [0.05, 0.1) is 0 Å². The van der Waals surface area contributed by atoms with Crippen LogP contribution >= 0.6 is 0 Å². The summed E-state index contributed by atoms with van der Waals surface area (Å²) in [6.07, 6.45) is 3.94. The fourth-order valence-corrected chi connectivity index (χ4v) is 2.19. The molecule has 0 atom stereocenters. The number of rotatable bonds is 2. The Labute approximate surface area is 76.8 Å². The third-order valence-corrected chi connectivity index (χ3v) is 3.06. The minimum Gasteiger partial charge on any atom is -0.481 e. The number of carbonyl (C=O) groups is 1. The topological polar surface area (TPSA) is 55.8 Å². The van der Waals surface area contributed by atoms with Crippen molar-refractivity contribution in [2.24, 2.45) is 5.41 Å². The van der Waals surface area contributed by atoms with Gasteiger partial charge in [-0.15, -0.1) is 0 Å². The molecule has 0 bridgehead atoms. The molecule has 0 aromatic carbocycles. The zero-order chi connectivity index (χ0) is 9.31. The van der Waals surface area contributed by atoms with Crippen molar-refractivity contribution in [2.45, 2.75) is 38.4 Å². The number of ether oxygens (including phenoxy) is 2. The highest BCUT2D eigenvalue weighted by Crippen LogP contribution is 2.43. The zero-order valence-electron chi connectivity index (χ0n) is 7.49. The molecule has 2 aliphatic rings. The van der Waals surface area contributed by atoms with Crippen molar-refractivity contribution in [3.05, 3.63) is 0 Å². The quantitative estimate of drug-likeness (QED) is 0.707. The van der Waals surface area contributed by atoms with E-state index in [2.05, 4.69) is 0 Å². The SMILES string of the molecule is O=C(O)C1(C2OCO2)CCCCC1. The van der Waals surface area contributed by atoms with Gasteiger partial charge in [0.1, 0.15) is 5.41 Å². The van der Waals surface area contributed by atoms with E-state index in [0.717, 1.165) is 19.3 Å². The highest BCUT2D eigenvalue weighted by atomic mass is 16.8. The molecular weight excluding hydrogens is 172 g/mol. The molecule has 4 heteroatoms. The minimum absolute atomic E-state index is 0.250. The van der Waals surface area contributed by atoms with Gasteiger partial charge in [-0.1, -0.05) is 19.3 Å². The summed E-state index contributed by atoms with van der Waals surface area (Å²) in [7, 11) is 0. The number of hydrogen-bond acceptors (Lipinski definition) is 3. The van der Waals surface area contributed by atoms with E-state index in [1.165, 1.54) is 0 Å². The van der Waals surface area contributed by atoms with E-state index in [1.54, 1.807) is 0 Å². The van der Waals surface area contributed by atoms with Crippen LogP contribution in [0.2, 0.25) is 0 Å². The summed E-state index contributed by atoms with van der Waals surface area (Å²) in [5, 5.41) is 9.16. The molecule has 0 aromatic heterocycles. The lowest BCUT2D eigenvalue weighted by Gasteiger charge is -2.43. The standard InChI is InChI=1S/C9H14O4/c10-7(11)9(8-12-6-13-8)4-2-1-3-5-9/h8H,1-6H2,(H,10,11). The maximum absolute atomic E-state index is 11.2. The van der Waals surface area contributed by atoms with Crippen LogP contribution in [0.15, 0.2) is 0 Å². The summed E-state index contributed by atoms with van der Waals surface area (Å²) in [5.74, 6) is -0.767. The first-order chi connectivity index (χ1) is 6.26. The van der Waals surface area contributed by atoms with Crippen molar-refractivity contribution < 1.29 is 19.4 Å². The fourth-order valence-electron chi connectivity index (χ4n) is 2.19. The second kappa shape index (κ2) is 3.27. The van der Waals surface area contributed by atoms with E-state index in [1.807, 2.05) is 0 Å². The summed E-state index contributed by atoms with van der Waals surface area (Å²) in [4.78, 5) is 11.2. The van der Waals surface area contributed by atoms with Crippen molar-refractivity contribution in [1.29, 1.82) is 0 Å². The Balaban J connectivity index is 2.12. The Bertz CT molecular complexity index is 204. The summed E-state index contributed by atoms with van der Waals surface area (Å²) in [6.45, 7) is 0.250. The molecule has 1 N–H and O–H groups in total. The zero-order valence-corrected chi connectivity index (χ0v) is 7.49. The lowest BCUT2D eigenvalue weighted by Crippen LogP contribution is -2.52. The van der Waals surface area contributed by atoms with E-state index >= 15 is 0 Å². The maximum atomic E-state index is 11.2. The third-order valence-electron chi connectivity index (χ3n) is 3.06. The van der Waals surface area contributed by atoms with E-state index < -0.39 is 17.7 Å². The van der Waals surface area contributed by atoms with Crippen LogP contribution in [-0.2, 0) is 14.3 Å². The van der Waals surface area contributed by atoms with Crippen LogP contribution in [0, 0.1) is 5.41 Å². The van der Waals surface area contributed by atoms with Crippen LogP contribution in [-0.4, -0.2) is 24.2 Å². The van der Waals surface area contributed by atoms with Gasteiger partial charge < -0.3 is 14.6 Å². The molecule has 0 aromatic rings. The number of carboxylic acid groups (broad SMARTS) is 1. The first-order valence-corrected chi connectivity index (χ1v) is 4.72. The molecule has 2 rings (SSSR count). The van der Waals surface area contributed by atoms with E-state index in [9.17, 15) is 4.79 Å². The Kier molecular flexibility index (Phi) is 2.26. The Morgan fingerprint density at radius 2 is 1.85 bits per heavy atom. The first kappa shape index (κ1) is 8.97. The van der Waals surface area contributed by atoms with E-state index in [-0.39, 0.29) is 6.79 Å². The molecule has 0 radical (unpaired) electrons. The highest BCUT2D eigenvalue weighted by Gasteiger charge is 2.51. The molecular formula is C9H14O4. The molecule has 2 fully saturated rings. The van der Waals surface area contributed by atoms with Crippen LogP contribution in [0.4, 0.5) is 0 Å². The molecule has 1 heterocycles. The summed E-state index contributed by atoms with van der Waals surface area (Å²) in [5.41, 5.74) is -0.753. The maximum Gasteiger partial charge on any atom is 0.314 e. The van der Waals surface area contributed by atoms with Crippen LogP contribution in [0.3, 0.4) is 0 Å². The Morgan fingerprint density at radius 3 is 2.23 bits per heavy atom. The monoisotopic (exact) mass is 186 g/mol. The van der Waals surface area contributed by atoms with Crippen LogP contribution in [0.25, 0.3) is 0 Å². The molecule has 0 unspecified atom stereocenters. The van der Waals surface area contributed by atoms with Gasteiger partial charge in [0.2, 0.25) is 0 Å². The minimum atomic E-state index is -0.767.